The normalized spacial score (nSPS) is 13.3. The van der Waals surface area contributed by atoms with Crippen LogP contribution < -0.4 is 19.7 Å². The summed E-state index contributed by atoms with van der Waals surface area (Å²) in [6.07, 6.45) is 1.34. The van der Waals surface area contributed by atoms with Crippen molar-refractivity contribution < 1.29 is 19.1 Å². The molecule has 166 valence electrons. The highest BCUT2D eigenvalue weighted by Crippen LogP contribution is 2.31. The third-order valence-electron chi connectivity index (χ3n) is 4.93. The van der Waals surface area contributed by atoms with Gasteiger partial charge < -0.3 is 19.7 Å². The molecule has 0 unspecified atom stereocenters. The van der Waals surface area contributed by atoms with Crippen molar-refractivity contribution in [3.8, 4) is 17.2 Å². The molecule has 0 radical (unpaired) electrons. The van der Waals surface area contributed by atoms with Gasteiger partial charge in [0.1, 0.15) is 17.2 Å². The largest absolute Gasteiger partial charge is 0.497 e. The lowest BCUT2D eigenvalue weighted by atomic mass is 10.2. The predicted molar refractivity (Wildman–Crippen MR) is 120 cm³/mol. The highest BCUT2D eigenvalue weighted by Gasteiger charge is 2.24. The molecule has 0 bridgehead atoms. The van der Waals surface area contributed by atoms with Crippen molar-refractivity contribution in [3.05, 3.63) is 42.5 Å². The Morgan fingerprint density at radius 3 is 2.75 bits per heavy atom. The summed E-state index contributed by atoms with van der Waals surface area (Å²) in [5.41, 5.74) is 1.90. The SMILES string of the molecule is COc1ccc(OC)c(-n2nnnc2SCC(=O)Nc2ccccc2N2CCCC2=O)c1. The number of nitrogens with zero attached hydrogens (tertiary/aromatic N) is 5. The molecule has 1 aromatic heterocycles. The van der Waals surface area contributed by atoms with Gasteiger partial charge in [-0.2, -0.15) is 4.68 Å². The Balaban J connectivity index is 1.47. The van der Waals surface area contributed by atoms with E-state index in [2.05, 4.69) is 20.8 Å². The molecular formula is C21H22N6O4S. The number of ether oxygens (including phenoxy) is 2. The molecule has 1 aliphatic rings. The highest BCUT2D eigenvalue weighted by atomic mass is 32.2. The van der Waals surface area contributed by atoms with Gasteiger partial charge in [0.2, 0.25) is 17.0 Å². The highest BCUT2D eigenvalue weighted by molar-refractivity contribution is 7.99. The van der Waals surface area contributed by atoms with Crippen LogP contribution in [-0.4, -0.2) is 58.5 Å². The van der Waals surface area contributed by atoms with Crippen LogP contribution in [0.25, 0.3) is 5.69 Å². The standard InChI is InChI=1S/C21H22N6O4S/c1-30-14-9-10-18(31-2)17(12-14)27-21(23-24-25-27)32-13-19(28)22-15-6-3-4-7-16(15)26-11-5-8-20(26)29/h3-4,6-7,9-10,12H,5,8,11,13H2,1-2H3,(H,22,28). The Morgan fingerprint density at radius 1 is 1.16 bits per heavy atom. The van der Waals surface area contributed by atoms with Gasteiger partial charge in [0, 0.05) is 19.0 Å². The summed E-state index contributed by atoms with van der Waals surface area (Å²) in [6, 6.07) is 12.6. The monoisotopic (exact) mass is 454 g/mol. The van der Waals surface area contributed by atoms with E-state index in [0.717, 1.165) is 6.42 Å². The minimum atomic E-state index is -0.235. The number of amides is 2. The van der Waals surface area contributed by atoms with Crippen LogP contribution in [0, 0.1) is 0 Å². The van der Waals surface area contributed by atoms with Gasteiger partial charge in [-0.3, -0.25) is 9.59 Å². The number of tetrazole rings is 1. The number of thioether (sulfide) groups is 1. The third kappa shape index (κ3) is 4.52. The first-order valence-electron chi connectivity index (χ1n) is 9.93. The summed E-state index contributed by atoms with van der Waals surface area (Å²) in [5.74, 6) is 1.09. The molecule has 32 heavy (non-hydrogen) atoms. The topological polar surface area (TPSA) is 111 Å². The van der Waals surface area contributed by atoms with Gasteiger partial charge in [-0.1, -0.05) is 23.9 Å². The summed E-state index contributed by atoms with van der Waals surface area (Å²) in [5, 5.41) is 15.1. The van der Waals surface area contributed by atoms with E-state index >= 15 is 0 Å². The first kappa shape index (κ1) is 21.6. The molecule has 0 saturated carbocycles. The number of hydrogen-bond acceptors (Lipinski definition) is 8. The average Bonchev–Trinajstić information content (AvgIpc) is 3.46. The second-order valence-corrected chi connectivity index (χ2v) is 7.86. The summed E-state index contributed by atoms with van der Waals surface area (Å²) < 4.78 is 12.2. The second kappa shape index (κ2) is 9.69. The maximum atomic E-state index is 12.7. The molecule has 2 aromatic carbocycles. The van der Waals surface area contributed by atoms with E-state index in [1.165, 1.54) is 16.4 Å². The fourth-order valence-electron chi connectivity index (χ4n) is 3.42. The molecule has 3 aromatic rings. The first-order valence-corrected chi connectivity index (χ1v) is 10.9. The lowest BCUT2D eigenvalue weighted by Crippen LogP contribution is -2.26. The zero-order valence-corrected chi connectivity index (χ0v) is 18.5. The fraction of sp³-hybridized carbons (Fsp3) is 0.286. The number of hydrogen-bond donors (Lipinski definition) is 1. The van der Waals surface area contributed by atoms with Crippen molar-refractivity contribution in [2.45, 2.75) is 18.0 Å². The average molecular weight is 455 g/mol. The van der Waals surface area contributed by atoms with Crippen LogP contribution in [0.3, 0.4) is 0 Å². The van der Waals surface area contributed by atoms with Crippen molar-refractivity contribution >= 4 is 35.0 Å². The van der Waals surface area contributed by atoms with E-state index in [4.69, 9.17) is 9.47 Å². The van der Waals surface area contributed by atoms with Gasteiger partial charge in [0.05, 0.1) is 31.3 Å². The van der Waals surface area contributed by atoms with Crippen molar-refractivity contribution in [2.24, 2.45) is 0 Å². The maximum absolute atomic E-state index is 12.7. The Morgan fingerprint density at radius 2 is 2.00 bits per heavy atom. The maximum Gasteiger partial charge on any atom is 0.234 e. The zero-order chi connectivity index (χ0) is 22.5. The first-order chi connectivity index (χ1) is 15.6. The van der Waals surface area contributed by atoms with Crippen LogP contribution in [0.4, 0.5) is 11.4 Å². The van der Waals surface area contributed by atoms with E-state index in [1.807, 2.05) is 18.2 Å². The van der Waals surface area contributed by atoms with Gasteiger partial charge in [-0.15, -0.1) is 5.10 Å². The van der Waals surface area contributed by atoms with Crippen molar-refractivity contribution in [3.63, 3.8) is 0 Å². The Labute approximate surface area is 188 Å². The smallest absolute Gasteiger partial charge is 0.234 e. The lowest BCUT2D eigenvalue weighted by Gasteiger charge is -2.19. The van der Waals surface area contributed by atoms with Crippen LogP contribution in [0.2, 0.25) is 0 Å². The van der Waals surface area contributed by atoms with Gasteiger partial charge in [-0.25, -0.2) is 0 Å². The molecule has 11 heteroatoms. The number of methoxy groups -OCH3 is 2. The van der Waals surface area contributed by atoms with E-state index in [1.54, 1.807) is 43.4 Å². The van der Waals surface area contributed by atoms with Gasteiger partial charge in [0.25, 0.3) is 0 Å². The van der Waals surface area contributed by atoms with Gasteiger partial charge in [-0.05, 0) is 41.1 Å². The molecule has 2 amide bonds. The zero-order valence-electron chi connectivity index (χ0n) is 17.6. The third-order valence-corrected chi connectivity index (χ3v) is 5.85. The Bertz CT molecular complexity index is 1130. The quantitative estimate of drug-likeness (QED) is 0.517. The summed E-state index contributed by atoms with van der Waals surface area (Å²) in [6.45, 7) is 0.650. The van der Waals surface area contributed by atoms with Crippen molar-refractivity contribution in [2.75, 3.05) is 36.7 Å². The molecule has 2 heterocycles. The molecule has 1 N–H and O–H groups in total. The van der Waals surface area contributed by atoms with Crippen LogP contribution in [0.5, 0.6) is 11.5 Å². The van der Waals surface area contributed by atoms with E-state index < -0.39 is 0 Å². The number of carbonyl (C=O) groups is 2. The van der Waals surface area contributed by atoms with Crippen molar-refractivity contribution in [1.29, 1.82) is 0 Å². The van der Waals surface area contributed by atoms with E-state index in [0.29, 0.717) is 46.7 Å². The molecule has 10 nitrogen and oxygen atoms in total. The number of rotatable bonds is 8. The molecule has 0 atom stereocenters. The molecule has 0 aliphatic carbocycles. The van der Waals surface area contributed by atoms with Crippen LogP contribution in [-0.2, 0) is 9.59 Å². The van der Waals surface area contributed by atoms with Crippen molar-refractivity contribution in [1.82, 2.24) is 20.2 Å². The van der Waals surface area contributed by atoms with Gasteiger partial charge >= 0.3 is 0 Å². The Kier molecular flexibility index (Phi) is 6.55. The van der Waals surface area contributed by atoms with E-state index in [9.17, 15) is 9.59 Å². The molecule has 0 spiro atoms. The minimum Gasteiger partial charge on any atom is -0.497 e. The predicted octanol–water partition coefficient (Wildman–Crippen LogP) is 2.54. The summed E-state index contributed by atoms with van der Waals surface area (Å²) in [4.78, 5) is 26.5. The number of aromatic nitrogens is 4. The number of carbonyl (C=O) groups excluding carboxylic acids is 2. The molecule has 1 saturated heterocycles. The number of anilines is 2. The van der Waals surface area contributed by atoms with E-state index in [-0.39, 0.29) is 17.6 Å². The van der Waals surface area contributed by atoms with Crippen LogP contribution in [0.15, 0.2) is 47.6 Å². The lowest BCUT2D eigenvalue weighted by molar-refractivity contribution is -0.117. The molecule has 4 rings (SSSR count). The molecule has 1 fully saturated rings. The second-order valence-electron chi connectivity index (χ2n) is 6.91. The number of para-hydroxylation sites is 2. The van der Waals surface area contributed by atoms with Crippen LogP contribution in [0.1, 0.15) is 12.8 Å². The number of nitrogens with one attached hydrogen (secondary N) is 1. The molecule has 1 aliphatic heterocycles. The summed E-state index contributed by atoms with van der Waals surface area (Å²) in [7, 11) is 3.12. The fourth-order valence-corrected chi connectivity index (χ4v) is 4.10. The van der Waals surface area contributed by atoms with Crippen LogP contribution >= 0.6 is 11.8 Å². The summed E-state index contributed by atoms with van der Waals surface area (Å²) >= 11 is 1.19. The Hall–Kier alpha value is -3.60. The number of benzene rings is 2. The minimum absolute atomic E-state index is 0.0625. The van der Waals surface area contributed by atoms with Gasteiger partial charge in [0.15, 0.2) is 0 Å². The molecular weight excluding hydrogens is 432 g/mol.